The zero-order valence-corrected chi connectivity index (χ0v) is 13.9. The first-order chi connectivity index (χ1) is 10.6. The molecule has 1 aliphatic heterocycles. The number of rotatable bonds is 5. The highest BCUT2D eigenvalue weighted by atomic mass is 16.2. The maximum absolute atomic E-state index is 12.2. The van der Waals surface area contributed by atoms with Crippen LogP contribution in [0.2, 0.25) is 0 Å². The lowest BCUT2D eigenvalue weighted by molar-refractivity contribution is -0.129. The second kappa shape index (κ2) is 8.20. The molecule has 1 unspecified atom stereocenters. The van der Waals surface area contributed by atoms with E-state index in [1.807, 2.05) is 11.9 Å². The lowest BCUT2D eigenvalue weighted by Gasteiger charge is -2.36. The first kappa shape index (κ1) is 16.8. The normalized spacial score (nSPS) is 20.9. The van der Waals surface area contributed by atoms with Crippen molar-refractivity contribution in [3.05, 3.63) is 11.6 Å². The van der Waals surface area contributed by atoms with Gasteiger partial charge in [-0.25, -0.2) is 4.79 Å². The number of piperidine rings is 1. The molecule has 0 aromatic rings. The summed E-state index contributed by atoms with van der Waals surface area (Å²) in [6.07, 6.45) is 8.45. The monoisotopic (exact) mass is 307 g/mol. The summed E-state index contributed by atoms with van der Waals surface area (Å²) in [4.78, 5) is 27.7. The summed E-state index contributed by atoms with van der Waals surface area (Å²) in [6, 6.07) is -0.0316. The molecule has 1 fully saturated rings. The van der Waals surface area contributed by atoms with Gasteiger partial charge in [-0.2, -0.15) is 0 Å². The third kappa shape index (κ3) is 4.49. The number of allylic oxidation sites excluding steroid dienone is 1. The van der Waals surface area contributed by atoms with Crippen LogP contribution in [0.1, 0.15) is 45.4 Å². The van der Waals surface area contributed by atoms with Crippen LogP contribution in [-0.2, 0) is 4.79 Å². The minimum absolute atomic E-state index is 0.0316. The SMILES string of the molecule is CCCN(C)C(=O)CCNC(=O)N1CCC2CCCC=C2C1. The fourth-order valence-corrected chi connectivity index (χ4v) is 3.35. The quantitative estimate of drug-likeness (QED) is 0.793. The van der Waals surface area contributed by atoms with Crippen molar-refractivity contribution in [3.63, 3.8) is 0 Å². The maximum Gasteiger partial charge on any atom is 0.317 e. The Morgan fingerprint density at radius 3 is 3.00 bits per heavy atom. The Morgan fingerprint density at radius 2 is 2.23 bits per heavy atom. The number of carbonyl (C=O) groups excluding carboxylic acids is 2. The number of hydrogen-bond donors (Lipinski definition) is 1. The molecule has 0 aromatic carbocycles. The van der Waals surface area contributed by atoms with Crippen molar-refractivity contribution in [2.75, 3.05) is 33.2 Å². The number of fused-ring (bicyclic) bond motifs is 1. The van der Waals surface area contributed by atoms with Crippen molar-refractivity contribution >= 4 is 11.9 Å². The molecule has 0 saturated carbocycles. The molecule has 1 saturated heterocycles. The average Bonchev–Trinajstić information content (AvgIpc) is 2.54. The Balaban J connectivity index is 1.71. The number of nitrogens with zero attached hydrogens (tertiary/aromatic N) is 2. The van der Waals surface area contributed by atoms with Gasteiger partial charge in [-0.1, -0.05) is 18.6 Å². The second-order valence-electron chi connectivity index (χ2n) is 6.41. The lowest BCUT2D eigenvalue weighted by atomic mass is 9.82. The van der Waals surface area contributed by atoms with Gasteiger partial charge in [0.05, 0.1) is 0 Å². The molecule has 5 heteroatoms. The Bertz CT molecular complexity index is 434. The van der Waals surface area contributed by atoms with Crippen LogP contribution in [0, 0.1) is 5.92 Å². The van der Waals surface area contributed by atoms with Crippen molar-refractivity contribution in [3.8, 4) is 0 Å². The second-order valence-corrected chi connectivity index (χ2v) is 6.41. The molecular weight excluding hydrogens is 278 g/mol. The number of amides is 3. The van der Waals surface area contributed by atoms with Crippen molar-refractivity contribution < 1.29 is 9.59 Å². The Kier molecular flexibility index (Phi) is 6.28. The van der Waals surface area contributed by atoms with Gasteiger partial charge >= 0.3 is 6.03 Å². The van der Waals surface area contributed by atoms with Crippen LogP contribution in [0.15, 0.2) is 11.6 Å². The molecule has 2 rings (SSSR count). The fourth-order valence-electron chi connectivity index (χ4n) is 3.35. The van der Waals surface area contributed by atoms with E-state index in [-0.39, 0.29) is 11.9 Å². The smallest absolute Gasteiger partial charge is 0.317 e. The number of urea groups is 1. The first-order valence-corrected chi connectivity index (χ1v) is 8.57. The number of nitrogens with one attached hydrogen (secondary N) is 1. The number of carbonyl (C=O) groups is 2. The highest BCUT2D eigenvalue weighted by Gasteiger charge is 2.27. The van der Waals surface area contributed by atoms with E-state index < -0.39 is 0 Å². The maximum atomic E-state index is 12.2. The van der Waals surface area contributed by atoms with E-state index in [9.17, 15) is 9.59 Å². The molecule has 2 aliphatic rings. The average molecular weight is 307 g/mol. The molecule has 1 atom stereocenters. The van der Waals surface area contributed by atoms with E-state index in [2.05, 4.69) is 18.3 Å². The summed E-state index contributed by atoms with van der Waals surface area (Å²) in [5.41, 5.74) is 1.44. The summed E-state index contributed by atoms with van der Waals surface area (Å²) in [5.74, 6) is 0.790. The van der Waals surface area contributed by atoms with Gasteiger partial charge in [0.2, 0.25) is 5.91 Å². The first-order valence-electron chi connectivity index (χ1n) is 8.57. The predicted molar refractivity (Wildman–Crippen MR) is 87.6 cm³/mol. The lowest BCUT2D eigenvalue weighted by Crippen LogP contribution is -2.46. The van der Waals surface area contributed by atoms with Crippen molar-refractivity contribution in [2.45, 2.75) is 45.4 Å². The van der Waals surface area contributed by atoms with Gasteiger partial charge in [0.15, 0.2) is 0 Å². The summed E-state index contributed by atoms with van der Waals surface area (Å²) >= 11 is 0. The van der Waals surface area contributed by atoms with E-state index >= 15 is 0 Å². The molecule has 22 heavy (non-hydrogen) atoms. The molecule has 0 bridgehead atoms. The largest absolute Gasteiger partial charge is 0.346 e. The van der Waals surface area contributed by atoms with E-state index in [4.69, 9.17) is 0 Å². The molecule has 0 spiro atoms. The molecular formula is C17H29N3O2. The van der Waals surface area contributed by atoms with E-state index in [0.717, 1.165) is 38.9 Å². The molecule has 5 nitrogen and oxygen atoms in total. The predicted octanol–water partition coefficient (Wildman–Crippen LogP) is 2.39. The Hall–Kier alpha value is -1.52. The zero-order valence-electron chi connectivity index (χ0n) is 13.9. The van der Waals surface area contributed by atoms with Crippen LogP contribution in [0.5, 0.6) is 0 Å². The molecule has 1 aliphatic carbocycles. The van der Waals surface area contributed by atoms with Gasteiger partial charge in [0.1, 0.15) is 0 Å². The molecule has 3 amide bonds. The van der Waals surface area contributed by atoms with E-state index in [1.54, 1.807) is 4.90 Å². The third-order valence-corrected chi connectivity index (χ3v) is 4.70. The van der Waals surface area contributed by atoms with Crippen molar-refractivity contribution in [2.24, 2.45) is 5.92 Å². The van der Waals surface area contributed by atoms with Gasteiger partial charge in [-0.15, -0.1) is 0 Å². The van der Waals surface area contributed by atoms with Crippen LogP contribution in [0.25, 0.3) is 0 Å². The standard InChI is InChI=1S/C17H29N3O2/c1-3-11-19(2)16(21)8-10-18-17(22)20-12-9-14-6-4-5-7-15(14)13-20/h7,14H,3-6,8-13H2,1-2H3,(H,18,22). The molecule has 124 valence electrons. The van der Waals surface area contributed by atoms with Gasteiger partial charge in [-0.3, -0.25) is 4.79 Å². The third-order valence-electron chi connectivity index (χ3n) is 4.70. The van der Waals surface area contributed by atoms with Gasteiger partial charge < -0.3 is 15.1 Å². The highest BCUT2D eigenvalue weighted by molar-refractivity contribution is 5.78. The van der Waals surface area contributed by atoms with Crippen LogP contribution >= 0.6 is 0 Å². The van der Waals surface area contributed by atoms with E-state index in [0.29, 0.717) is 18.9 Å². The zero-order chi connectivity index (χ0) is 15.9. The Morgan fingerprint density at radius 1 is 1.41 bits per heavy atom. The van der Waals surface area contributed by atoms with Crippen LogP contribution < -0.4 is 5.32 Å². The van der Waals surface area contributed by atoms with Crippen molar-refractivity contribution in [1.29, 1.82) is 0 Å². The Labute approximate surface area is 133 Å². The number of hydrogen-bond acceptors (Lipinski definition) is 2. The highest BCUT2D eigenvalue weighted by Crippen LogP contribution is 2.31. The molecule has 0 radical (unpaired) electrons. The molecule has 1 N–H and O–H groups in total. The topological polar surface area (TPSA) is 52.7 Å². The van der Waals surface area contributed by atoms with Gasteiger partial charge in [0, 0.05) is 39.6 Å². The van der Waals surface area contributed by atoms with Crippen molar-refractivity contribution in [1.82, 2.24) is 15.1 Å². The molecule has 1 heterocycles. The van der Waals surface area contributed by atoms with Crippen LogP contribution in [0.4, 0.5) is 4.79 Å². The summed E-state index contributed by atoms with van der Waals surface area (Å²) in [5, 5.41) is 2.89. The van der Waals surface area contributed by atoms with Crippen LogP contribution in [-0.4, -0.2) is 55.0 Å². The van der Waals surface area contributed by atoms with Gasteiger partial charge in [0.25, 0.3) is 0 Å². The minimum atomic E-state index is -0.0316. The molecule has 0 aromatic heterocycles. The van der Waals surface area contributed by atoms with Gasteiger partial charge in [-0.05, 0) is 38.0 Å². The minimum Gasteiger partial charge on any atom is -0.346 e. The summed E-state index contributed by atoms with van der Waals surface area (Å²) in [6.45, 7) is 4.84. The summed E-state index contributed by atoms with van der Waals surface area (Å²) < 4.78 is 0. The van der Waals surface area contributed by atoms with Crippen LogP contribution in [0.3, 0.4) is 0 Å². The summed E-state index contributed by atoms with van der Waals surface area (Å²) in [7, 11) is 1.81. The fraction of sp³-hybridized carbons (Fsp3) is 0.765. The van der Waals surface area contributed by atoms with E-state index in [1.165, 1.54) is 18.4 Å². The number of likely N-dealkylation sites (tertiary alicyclic amines) is 1.